The van der Waals surface area contributed by atoms with Crippen LogP contribution in [0.5, 0.6) is 0 Å². The minimum atomic E-state index is -2.09. The first-order valence-electron chi connectivity index (χ1n) is 9.36. The zero-order chi connectivity index (χ0) is 21.8. The fourth-order valence-electron chi connectivity index (χ4n) is 3.40. The van der Waals surface area contributed by atoms with Crippen LogP contribution in [-0.2, 0) is 33.6 Å². The topological polar surface area (TPSA) is 115 Å². The molecule has 0 aliphatic carbocycles. The van der Waals surface area contributed by atoms with Crippen LogP contribution >= 0.6 is 0 Å². The molecule has 3 aromatic carbocycles. The number of aliphatic carboxylic acids is 2. The number of benzene rings is 3. The number of carboxylic acid groups (broad SMARTS) is 2. The summed E-state index contributed by atoms with van der Waals surface area (Å²) in [5, 5.41) is 40.7. The number of hydrogen-bond donors (Lipinski definition) is 4. The molecule has 0 heterocycles. The minimum absolute atomic E-state index is 0.158. The molecule has 3 rings (SSSR count). The Morgan fingerprint density at radius 3 is 1.13 bits per heavy atom. The Morgan fingerprint density at radius 2 is 0.867 bits per heavy atom. The maximum absolute atomic E-state index is 11.8. The van der Waals surface area contributed by atoms with E-state index in [4.69, 9.17) is 0 Å². The smallest absolute Gasteiger partial charge is 0.340 e. The molecule has 2 unspecified atom stereocenters. The van der Waals surface area contributed by atoms with E-state index in [2.05, 4.69) is 0 Å². The van der Waals surface area contributed by atoms with Crippen molar-refractivity contribution in [2.75, 3.05) is 0 Å². The van der Waals surface area contributed by atoms with Gasteiger partial charge in [-0.25, -0.2) is 9.59 Å². The van der Waals surface area contributed by atoms with E-state index in [1.165, 1.54) is 0 Å². The van der Waals surface area contributed by atoms with Crippen LogP contribution in [-0.4, -0.2) is 32.4 Å². The third kappa shape index (κ3) is 4.25. The Kier molecular flexibility index (Phi) is 6.01. The lowest BCUT2D eigenvalue weighted by molar-refractivity contribution is -0.160. The molecule has 3 aromatic rings. The Bertz CT molecular complexity index is 932. The second-order valence-electron chi connectivity index (χ2n) is 7.23. The molecule has 0 bridgehead atoms. The third-order valence-corrected chi connectivity index (χ3v) is 5.15. The van der Waals surface area contributed by atoms with Crippen molar-refractivity contribution in [3.8, 4) is 0 Å². The van der Waals surface area contributed by atoms with Crippen LogP contribution in [0.25, 0.3) is 0 Å². The molecule has 2 atom stereocenters. The van der Waals surface area contributed by atoms with Crippen molar-refractivity contribution in [1.82, 2.24) is 0 Å². The monoisotopic (exact) mass is 406 g/mol. The van der Waals surface area contributed by atoms with Crippen molar-refractivity contribution in [1.29, 1.82) is 0 Å². The van der Waals surface area contributed by atoms with Crippen molar-refractivity contribution in [3.63, 3.8) is 0 Å². The van der Waals surface area contributed by atoms with Gasteiger partial charge in [-0.3, -0.25) is 0 Å². The Balaban J connectivity index is 1.84. The summed E-state index contributed by atoms with van der Waals surface area (Å²) in [5.41, 5.74) is -2.52. The Hall–Kier alpha value is -3.48. The van der Waals surface area contributed by atoms with Crippen LogP contribution in [0.4, 0.5) is 0 Å². The highest BCUT2D eigenvalue weighted by Crippen LogP contribution is 2.29. The van der Waals surface area contributed by atoms with Gasteiger partial charge in [-0.15, -0.1) is 0 Å². The summed E-state index contributed by atoms with van der Waals surface area (Å²) < 4.78 is 0. The summed E-state index contributed by atoms with van der Waals surface area (Å²) in [7, 11) is 0. The van der Waals surface area contributed by atoms with Crippen molar-refractivity contribution < 1.29 is 30.0 Å². The molecule has 0 fully saturated rings. The molecule has 6 nitrogen and oxygen atoms in total. The molecule has 0 saturated carbocycles. The van der Waals surface area contributed by atoms with Gasteiger partial charge in [-0.2, -0.15) is 0 Å². The van der Waals surface area contributed by atoms with E-state index in [9.17, 15) is 30.0 Å². The van der Waals surface area contributed by atoms with Gasteiger partial charge >= 0.3 is 11.9 Å². The molecule has 0 spiro atoms. The standard InChI is InChI=1S/C24H22O6/c25-21(26)23(29,19-7-3-1-4-8-19)15-17-11-13-18(14-12-17)16-24(30,22(27)28)20-9-5-2-6-10-20/h1-14,29-30H,15-16H2,(H,25,26)(H,27,28). The quantitative estimate of drug-likeness (QED) is 0.457. The summed E-state index contributed by atoms with van der Waals surface area (Å²) in [4.78, 5) is 23.5. The number of hydrogen-bond acceptors (Lipinski definition) is 4. The van der Waals surface area contributed by atoms with E-state index in [0.29, 0.717) is 11.1 Å². The molecular weight excluding hydrogens is 384 g/mol. The highest BCUT2D eigenvalue weighted by Gasteiger charge is 2.39. The van der Waals surface area contributed by atoms with E-state index >= 15 is 0 Å². The molecule has 154 valence electrons. The van der Waals surface area contributed by atoms with Crippen molar-refractivity contribution in [3.05, 3.63) is 107 Å². The molecule has 0 aromatic heterocycles. The number of rotatable bonds is 8. The van der Waals surface area contributed by atoms with Gasteiger partial charge in [0.15, 0.2) is 11.2 Å². The van der Waals surface area contributed by atoms with Crippen LogP contribution in [0.15, 0.2) is 84.9 Å². The number of aliphatic hydroxyl groups is 2. The summed E-state index contributed by atoms with van der Waals surface area (Å²) in [6.07, 6.45) is -0.316. The van der Waals surface area contributed by atoms with E-state index in [1.807, 2.05) is 0 Å². The average Bonchev–Trinajstić information content (AvgIpc) is 2.76. The fourth-order valence-corrected chi connectivity index (χ4v) is 3.40. The highest BCUT2D eigenvalue weighted by molar-refractivity contribution is 5.80. The van der Waals surface area contributed by atoms with Gasteiger partial charge in [-0.05, 0) is 22.3 Å². The zero-order valence-corrected chi connectivity index (χ0v) is 16.1. The molecule has 0 aliphatic rings. The first kappa shape index (κ1) is 21.2. The van der Waals surface area contributed by atoms with Crippen LogP contribution in [0, 0.1) is 0 Å². The maximum atomic E-state index is 11.8. The molecule has 4 N–H and O–H groups in total. The predicted molar refractivity (Wildman–Crippen MR) is 110 cm³/mol. The van der Waals surface area contributed by atoms with Crippen LogP contribution in [0.1, 0.15) is 22.3 Å². The van der Waals surface area contributed by atoms with E-state index in [0.717, 1.165) is 0 Å². The third-order valence-electron chi connectivity index (χ3n) is 5.15. The second kappa shape index (κ2) is 8.49. The van der Waals surface area contributed by atoms with E-state index in [1.54, 1.807) is 84.9 Å². The molecule has 0 radical (unpaired) electrons. The fraction of sp³-hybridized carbons (Fsp3) is 0.167. The molecular formula is C24H22O6. The largest absolute Gasteiger partial charge is 0.479 e. The van der Waals surface area contributed by atoms with Crippen molar-refractivity contribution in [2.24, 2.45) is 0 Å². The summed E-state index contributed by atoms with van der Waals surface area (Å²) in [5.74, 6) is -2.72. The highest BCUT2D eigenvalue weighted by atomic mass is 16.4. The molecule has 30 heavy (non-hydrogen) atoms. The molecule has 0 amide bonds. The van der Waals surface area contributed by atoms with Crippen molar-refractivity contribution in [2.45, 2.75) is 24.0 Å². The van der Waals surface area contributed by atoms with E-state index < -0.39 is 23.1 Å². The lowest BCUT2D eigenvalue weighted by Gasteiger charge is -2.25. The lowest BCUT2D eigenvalue weighted by atomic mass is 9.85. The van der Waals surface area contributed by atoms with Gasteiger partial charge in [-0.1, -0.05) is 84.9 Å². The average molecular weight is 406 g/mol. The number of carbonyl (C=O) groups is 2. The normalized spacial score (nSPS) is 15.0. The van der Waals surface area contributed by atoms with Crippen LogP contribution in [0.3, 0.4) is 0 Å². The van der Waals surface area contributed by atoms with Crippen molar-refractivity contribution >= 4 is 11.9 Å². The summed E-state index contributed by atoms with van der Waals surface area (Å²) in [6.45, 7) is 0. The molecule has 0 saturated heterocycles. The van der Waals surface area contributed by atoms with Gasteiger partial charge in [0.25, 0.3) is 0 Å². The molecule has 0 aliphatic heterocycles. The first-order valence-corrected chi connectivity index (χ1v) is 9.36. The summed E-state index contributed by atoms with van der Waals surface area (Å²) in [6, 6.07) is 22.8. The predicted octanol–water partition coefficient (Wildman–Crippen LogP) is 2.72. The first-order chi connectivity index (χ1) is 14.3. The van der Waals surface area contributed by atoms with Crippen LogP contribution in [0.2, 0.25) is 0 Å². The van der Waals surface area contributed by atoms with E-state index in [-0.39, 0.29) is 24.0 Å². The van der Waals surface area contributed by atoms with Crippen LogP contribution < -0.4 is 0 Å². The minimum Gasteiger partial charge on any atom is -0.479 e. The van der Waals surface area contributed by atoms with Gasteiger partial charge in [0.2, 0.25) is 0 Å². The zero-order valence-electron chi connectivity index (χ0n) is 16.1. The van der Waals surface area contributed by atoms with Gasteiger partial charge < -0.3 is 20.4 Å². The van der Waals surface area contributed by atoms with Gasteiger partial charge in [0, 0.05) is 12.8 Å². The SMILES string of the molecule is O=C(O)C(O)(Cc1ccc(CC(O)(C(=O)O)c2ccccc2)cc1)c1ccccc1. The Labute approximate surface area is 173 Å². The lowest BCUT2D eigenvalue weighted by Crippen LogP contribution is -2.38. The number of carboxylic acids is 2. The van der Waals surface area contributed by atoms with Gasteiger partial charge in [0.05, 0.1) is 0 Å². The molecule has 6 heteroatoms. The summed E-state index contributed by atoms with van der Waals surface area (Å²) >= 11 is 0. The van der Waals surface area contributed by atoms with Gasteiger partial charge in [0.1, 0.15) is 0 Å². The maximum Gasteiger partial charge on any atom is 0.340 e. The Morgan fingerprint density at radius 1 is 0.567 bits per heavy atom. The second-order valence-corrected chi connectivity index (χ2v) is 7.23.